The van der Waals surface area contributed by atoms with Crippen molar-refractivity contribution < 1.29 is 9.84 Å². The van der Waals surface area contributed by atoms with E-state index in [0.717, 1.165) is 28.0 Å². The van der Waals surface area contributed by atoms with Crippen LogP contribution in [0.25, 0.3) is 24.0 Å². The molecule has 1 aliphatic rings. The lowest BCUT2D eigenvalue weighted by Gasteiger charge is -2.11. The molecule has 0 aliphatic heterocycles. The number of methoxy groups -OCH3 is 1. The minimum Gasteiger partial charge on any atom is -0.507 e. The van der Waals surface area contributed by atoms with Crippen LogP contribution in [0.15, 0.2) is 42.5 Å². The molecule has 94 valence electrons. The third-order valence-electron chi connectivity index (χ3n) is 3.27. The summed E-state index contributed by atoms with van der Waals surface area (Å²) >= 11 is 0. The summed E-state index contributed by atoms with van der Waals surface area (Å²) in [5, 5.41) is 10.3. The Kier molecular flexibility index (Phi) is 2.84. The molecule has 0 saturated heterocycles. The molecule has 19 heavy (non-hydrogen) atoms. The molecule has 2 heteroatoms. The molecule has 0 unspecified atom stereocenters. The molecule has 0 aromatic heterocycles. The van der Waals surface area contributed by atoms with Gasteiger partial charge in [0.15, 0.2) is 0 Å². The first-order chi connectivity index (χ1) is 9.28. The third kappa shape index (κ3) is 2.13. The molecule has 0 spiro atoms. The van der Waals surface area contributed by atoms with Crippen LogP contribution in [0.3, 0.4) is 0 Å². The van der Waals surface area contributed by atoms with Crippen molar-refractivity contribution in [3.8, 4) is 5.75 Å². The molecule has 2 nitrogen and oxygen atoms in total. The van der Waals surface area contributed by atoms with E-state index in [-0.39, 0.29) is 5.76 Å². The van der Waals surface area contributed by atoms with Gasteiger partial charge < -0.3 is 9.84 Å². The molecule has 0 fully saturated rings. The molecule has 0 atom stereocenters. The van der Waals surface area contributed by atoms with Gasteiger partial charge in [-0.05, 0) is 41.0 Å². The van der Waals surface area contributed by atoms with Crippen molar-refractivity contribution in [1.82, 2.24) is 0 Å². The summed E-state index contributed by atoms with van der Waals surface area (Å²) in [6.45, 7) is 0. The highest BCUT2D eigenvalue weighted by molar-refractivity contribution is 5.89. The summed E-state index contributed by atoms with van der Waals surface area (Å²) in [5.74, 6) is 1.06. The van der Waals surface area contributed by atoms with E-state index < -0.39 is 0 Å². The van der Waals surface area contributed by atoms with Crippen molar-refractivity contribution in [2.45, 2.75) is 0 Å². The molecule has 0 heterocycles. The highest BCUT2D eigenvalue weighted by Crippen LogP contribution is 2.29. The second-order valence-electron chi connectivity index (χ2n) is 4.45. The first-order valence-electron chi connectivity index (χ1n) is 6.14. The first kappa shape index (κ1) is 11.6. The van der Waals surface area contributed by atoms with Crippen LogP contribution in [0.2, 0.25) is 0 Å². The maximum Gasteiger partial charge on any atom is 0.124 e. The number of aliphatic hydroxyl groups is 1. The van der Waals surface area contributed by atoms with E-state index >= 15 is 0 Å². The fourth-order valence-electron chi connectivity index (χ4n) is 2.24. The lowest BCUT2D eigenvalue weighted by atomic mass is 9.97. The van der Waals surface area contributed by atoms with Crippen molar-refractivity contribution in [2.75, 3.05) is 7.11 Å². The van der Waals surface area contributed by atoms with Crippen LogP contribution in [-0.2, 0) is 0 Å². The Balaban J connectivity index is 2.19. The van der Waals surface area contributed by atoms with Gasteiger partial charge in [-0.2, -0.15) is 0 Å². The van der Waals surface area contributed by atoms with Crippen LogP contribution >= 0.6 is 0 Å². The van der Waals surface area contributed by atoms with Crippen molar-refractivity contribution >= 4 is 24.0 Å². The summed E-state index contributed by atoms with van der Waals surface area (Å²) in [7, 11) is 1.64. The SMILES string of the molecule is COc1ccc2c(c1)/C=C\c1ccccc1/C=C\2O. The lowest BCUT2D eigenvalue weighted by Crippen LogP contribution is -1.93. The minimum atomic E-state index is 0.273. The lowest BCUT2D eigenvalue weighted by molar-refractivity contribution is 0.414. The second kappa shape index (κ2) is 4.65. The Morgan fingerprint density at radius 1 is 0.895 bits per heavy atom. The van der Waals surface area contributed by atoms with Gasteiger partial charge in [-0.3, -0.25) is 0 Å². The zero-order valence-electron chi connectivity index (χ0n) is 10.6. The van der Waals surface area contributed by atoms with Crippen molar-refractivity contribution in [2.24, 2.45) is 0 Å². The summed E-state index contributed by atoms with van der Waals surface area (Å²) in [6.07, 6.45) is 5.85. The monoisotopic (exact) mass is 250 g/mol. The minimum absolute atomic E-state index is 0.273. The molecule has 2 aromatic carbocycles. The zero-order valence-corrected chi connectivity index (χ0v) is 10.6. The average molecular weight is 250 g/mol. The van der Waals surface area contributed by atoms with Gasteiger partial charge in [0, 0.05) is 5.56 Å². The topological polar surface area (TPSA) is 29.5 Å². The van der Waals surface area contributed by atoms with Gasteiger partial charge in [-0.15, -0.1) is 0 Å². The van der Waals surface area contributed by atoms with E-state index in [4.69, 9.17) is 4.74 Å². The van der Waals surface area contributed by atoms with Gasteiger partial charge >= 0.3 is 0 Å². The van der Waals surface area contributed by atoms with E-state index in [2.05, 4.69) is 6.08 Å². The van der Waals surface area contributed by atoms with Crippen molar-refractivity contribution in [3.05, 3.63) is 64.7 Å². The first-order valence-corrected chi connectivity index (χ1v) is 6.14. The summed E-state index contributed by atoms with van der Waals surface area (Å²) < 4.78 is 5.22. The maximum atomic E-state index is 10.3. The Labute approximate surface area is 112 Å². The molecule has 0 radical (unpaired) electrons. The highest BCUT2D eigenvalue weighted by Gasteiger charge is 2.10. The molecular weight excluding hydrogens is 236 g/mol. The number of fused-ring (bicyclic) bond motifs is 2. The van der Waals surface area contributed by atoms with E-state index in [0.29, 0.717) is 0 Å². The molecule has 1 aliphatic carbocycles. The highest BCUT2D eigenvalue weighted by atomic mass is 16.5. The summed E-state index contributed by atoms with van der Waals surface area (Å²) in [4.78, 5) is 0. The van der Waals surface area contributed by atoms with Gasteiger partial charge in [-0.25, -0.2) is 0 Å². The van der Waals surface area contributed by atoms with Crippen LogP contribution in [0.4, 0.5) is 0 Å². The number of rotatable bonds is 1. The predicted octanol–water partition coefficient (Wildman–Crippen LogP) is 4.24. The smallest absolute Gasteiger partial charge is 0.124 e. The van der Waals surface area contributed by atoms with Crippen LogP contribution < -0.4 is 4.74 Å². The quantitative estimate of drug-likeness (QED) is 0.820. The number of ether oxygens (including phenoxy) is 1. The van der Waals surface area contributed by atoms with E-state index in [1.165, 1.54) is 0 Å². The summed E-state index contributed by atoms with van der Waals surface area (Å²) in [6, 6.07) is 13.6. The Morgan fingerprint density at radius 2 is 1.63 bits per heavy atom. The number of benzene rings is 2. The zero-order chi connectivity index (χ0) is 13.2. The van der Waals surface area contributed by atoms with E-state index in [1.807, 2.05) is 48.5 Å². The van der Waals surface area contributed by atoms with Gasteiger partial charge in [0.2, 0.25) is 0 Å². The van der Waals surface area contributed by atoms with E-state index in [9.17, 15) is 5.11 Å². The van der Waals surface area contributed by atoms with Crippen LogP contribution in [0.5, 0.6) is 5.75 Å². The van der Waals surface area contributed by atoms with Crippen LogP contribution in [0, 0.1) is 0 Å². The standard InChI is InChI=1S/C17H14O2/c1-19-15-8-9-16-14(10-15)7-6-12-4-2-3-5-13(12)11-17(16)18/h2-11,18H,1H3/b7-6-,12-6?,13-11?,14-7?,17-11+,17-16?. The number of aliphatic hydroxyl groups excluding tert-OH is 1. The van der Waals surface area contributed by atoms with Crippen LogP contribution in [0.1, 0.15) is 22.3 Å². The van der Waals surface area contributed by atoms with Gasteiger partial charge in [0.25, 0.3) is 0 Å². The Hall–Kier alpha value is -2.48. The number of hydrogen-bond acceptors (Lipinski definition) is 2. The van der Waals surface area contributed by atoms with Gasteiger partial charge in [0.05, 0.1) is 7.11 Å². The third-order valence-corrected chi connectivity index (χ3v) is 3.27. The average Bonchev–Trinajstić information content (AvgIpc) is 2.44. The maximum absolute atomic E-state index is 10.3. The number of hydrogen-bond donors (Lipinski definition) is 1. The molecule has 0 amide bonds. The molecular formula is C17H14O2. The van der Waals surface area contributed by atoms with Crippen molar-refractivity contribution in [3.63, 3.8) is 0 Å². The van der Waals surface area contributed by atoms with E-state index in [1.54, 1.807) is 13.2 Å². The Morgan fingerprint density at radius 3 is 2.42 bits per heavy atom. The van der Waals surface area contributed by atoms with Crippen LogP contribution in [-0.4, -0.2) is 12.2 Å². The largest absolute Gasteiger partial charge is 0.507 e. The molecule has 3 rings (SSSR count). The molecule has 1 N–H and O–H groups in total. The fraction of sp³-hybridized carbons (Fsp3) is 0.0588. The molecule has 0 saturated carbocycles. The normalized spacial score (nSPS) is 17.2. The molecule has 2 aromatic rings. The van der Waals surface area contributed by atoms with Gasteiger partial charge in [-0.1, -0.05) is 36.4 Å². The Bertz CT molecular complexity index is 681. The van der Waals surface area contributed by atoms with Crippen molar-refractivity contribution in [1.29, 1.82) is 0 Å². The van der Waals surface area contributed by atoms with Gasteiger partial charge in [0.1, 0.15) is 11.5 Å². The predicted molar refractivity (Wildman–Crippen MR) is 78.9 cm³/mol. The second-order valence-corrected chi connectivity index (χ2v) is 4.45. The fourth-order valence-corrected chi connectivity index (χ4v) is 2.24. The summed E-state index contributed by atoms with van der Waals surface area (Å²) in [5.41, 5.74) is 3.86. The molecule has 0 bridgehead atoms.